The number of aromatic amines is 1. The van der Waals surface area contributed by atoms with Crippen LogP contribution in [0.25, 0.3) is 11.4 Å². The summed E-state index contributed by atoms with van der Waals surface area (Å²) in [5.74, 6) is 0.710. The van der Waals surface area contributed by atoms with E-state index in [2.05, 4.69) is 35.1 Å². The zero-order valence-electron chi connectivity index (χ0n) is 10.7. The fraction of sp³-hybridized carbons (Fsp3) is 0.333. The van der Waals surface area contributed by atoms with E-state index in [1.807, 2.05) is 6.92 Å². The average molecular weight is 240 g/mol. The normalized spacial score (nSPS) is 13.7. The van der Waals surface area contributed by atoms with Crippen molar-refractivity contribution in [1.29, 1.82) is 0 Å². The second-order valence-corrected chi connectivity index (χ2v) is 5.01. The quantitative estimate of drug-likeness (QED) is 0.832. The fourth-order valence-corrected chi connectivity index (χ4v) is 2.56. The predicted octanol–water partition coefficient (Wildman–Crippen LogP) is 2.54. The number of aryl methyl sites for hydroxylation is 3. The van der Waals surface area contributed by atoms with Gasteiger partial charge in [-0.25, -0.2) is 4.98 Å². The molecule has 1 heterocycles. The number of fused-ring (bicyclic) bond motifs is 1. The second kappa shape index (κ2) is 4.09. The summed E-state index contributed by atoms with van der Waals surface area (Å²) in [7, 11) is 0. The third-order valence-corrected chi connectivity index (χ3v) is 3.59. The van der Waals surface area contributed by atoms with Crippen LogP contribution in [-0.4, -0.2) is 9.97 Å². The molecule has 1 N–H and O–H groups in total. The summed E-state index contributed by atoms with van der Waals surface area (Å²) in [5, 5.41) is 0. The summed E-state index contributed by atoms with van der Waals surface area (Å²) in [6.45, 7) is 4.09. The molecule has 0 saturated carbocycles. The molecule has 0 unspecified atom stereocenters. The van der Waals surface area contributed by atoms with E-state index < -0.39 is 0 Å². The van der Waals surface area contributed by atoms with Crippen molar-refractivity contribution in [2.75, 3.05) is 0 Å². The molecule has 0 aliphatic heterocycles. The van der Waals surface area contributed by atoms with Crippen molar-refractivity contribution < 1.29 is 0 Å². The maximum atomic E-state index is 12.0. The van der Waals surface area contributed by atoms with Gasteiger partial charge in [0.05, 0.1) is 5.69 Å². The van der Waals surface area contributed by atoms with Crippen molar-refractivity contribution in [1.82, 2.24) is 9.97 Å². The van der Waals surface area contributed by atoms with Gasteiger partial charge in [-0.15, -0.1) is 0 Å². The predicted molar refractivity (Wildman–Crippen MR) is 71.8 cm³/mol. The molecule has 1 aromatic heterocycles. The highest BCUT2D eigenvalue weighted by atomic mass is 16.1. The van der Waals surface area contributed by atoms with Crippen LogP contribution in [0.3, 0.4) is 0 Å². The summed E-state index contributed by atoms with van der Waals surface area (Å²) in [5.41, 5.74) is 5.24. The van der Waals surface area contributed by atoms with E-state index in [0.717, 1.165) is 41.6 Å². The van der Waals surface area contributed by atoms with Crippen LogP contribution in [0.15, 0.2) is 23.0 Å². The Morgan fingerprint density at radius 1 is 1.22 bits per heavy atom. The van der Waals surface area contributed by atoms with Crippen molar-refractivity contribution in [3.05, 3.63) is 50.9 Å². The molecule has 3 rings (SSSR count). The molecule has 0 bridgehead atoms. The third-order valence-electron chi connectivity index (χ3n) is 3.59. The number of rotatable bonds is 1. The van der Waals surface area contributed by atoms with Crippen LogP contribution in [0.1, 0.15) is 28.8 Å². The summed E-state index contributed by atoms with van der Waals surface area (Å²) in [4.78, 5) is 19.6. The Hall–Kier alpha value is -1.90. The van der Waals surface area contributed by atoms with E-state index in [-0.39, 0.29) is 5.56 Å². The Balaban J connectivity index is 2.21. The SMILES string of the molecule is Cc1ccc(C)c(-c2nc3c(c(=O)[nH]2)CCC3)c1. The van der Waals surface area contributed by atoms with Gasteiger partial charge in [0.25, 0.3) is 5.56 Å². The minimum absolute atomic E-state index is 0.0356. The topological polar surface area (TPSA) is 45.8 Å². The van der Waals surface area contributed by atoms with E-state index in [9.17, 15) is 4.79 Å². The lowest BCUT2D eigenvalue weighted by atomic mass is 10.0. The highest BCUT2D eigenvalue weighted by Gasteiger charge is 2.18. The molecule has 3 heteroatoms. The van der Waals surface area contributed by atoms with Crippen LogP contribution in [0, 0.1) is 13.8 Å². The Bertz CT molecular complexity index is 671. The van der Waals surface area contributed by atoms with Gasteiger partial charge in [-0.2, -0.15) is 0 Å². The van der Waals surface area contributed by atoms with Crippen LogP contribution in [-0.2, 0) is 12.8 Å². The highest BCUT2D eigenvalue weighted by Crippen LogP contribution is 2.23. The minimum atomic E-state index is 0.0356. The van der Waals surface area contributed by atoms with Crippen molar-refractivity contribution >= 4 is 0 Å². The number of aromatic nitrogens is 2. The van der Waals surface area contributed by atoms with E-state index in [4.69, 9.17) is 0 Å². The maximum Gasteiger partial charge on any atom is 0.254 e. The Morgan fingerprint density at radius 2 is 2.06 bits per heavy atom. The molecule has 18 heavy (non-hydrogen) atoms. The molecule has 0 fully saturated rings. The Morgan fingerprint density at radius 3 is 2.89 bits per heavy atom. The van der Waals surface area contributed by atoms with Crippen LogP contribution in [0.2, 0.25) is 0 Å². The van der Waals surface area contributed by atoms with Gasteiger partial charge < -0.3 is 4.98 Å². The molecule has 0 radical (unpaired) electrons. The molecule has 1 aliphatic rings. The van der Waals surface area contributed by atoms with E-state index in [0.29, 0.717) is 5.82 Å². The summed E-state index contributed by atoms with van der Waals surface area (Å²) < 4.78 is 0. The molecule has 1 aromatic carbocycles. The number of nitrogens with one attached hydrogen (secondary N) is 1. The average Bonchev–Trinajstić information content (AvgIpc) is 2.81. The third kappa shape index (κ3) is 1.76. The van der Waals surface area contributed by atoms with Crippen LogP contribution in [0.4, 0.5) is 0 Å². The first-order valence-electron chi connectivity index (χ1n) is 6.35. The van der Waals surface area contributed by atoms with Gasteiger partial charge in [0.1, 0.15) is 5.82 Å². The summed E-state index contributed by atoms with van der Waals surface area (Å²) >= 11 is 0. The lowest BCUT2D eigenvalue weighted by molar-refractivity contribution is 0.899. The summed E-state index contributed by atoms with van der Waals surface area (Å²) in [6, 6.07) is 6.22. The van der Waals surface area contributed by atoms with Gasteiger partial charge in [0.2, 0.25) is 0 Å². The monoisotopic (exact) mass is 240 g/mol. The first kappa shape index (κ1) is 11.2. The zero-order chi connectivity index (χ0) is 12.7. The molecular formula is C15H16N2O. The Labute approximate surface area is 106 Å². The van der Waals surface area contributed by atoms with E-state index in [1.54, 1.807) is 0 Å². The van der Waals surface area contributed by atoms with E-state index >= 15 is 0 Å². The molecule has 1 aliphatic carbocycles. The highest BCUT2D eigenvalue weighted by molar-refractivity contribution is 5.61. The standard InChI is InChI=1S/C15H16N2O/c1-9-6-7-10(2)12(8-9)14-16-13-5-3-4-11(13)15(18)17-14/h6-8H,3-5H2,1-2H3,(H,16,17,18). The second-order valence-electron chi connectivity index (χ2n) is 5.01. The molecule has 0 saturated heterocycles. The van der Waals surface area contributed by atoms with Gasteiger partial charge in [-0.05, 0) is 44.7 Å². The number of hydrogen-bond acceptors (Lipinski definition) is 2. The van der Waals surface area contributed by atoms with Crippen molar-refractivity contribution in [3.8, 4) is 11.4 Å². The lowest BCUT2D eigenvalue weighted by Crippen LogP contribution is -2.15. The largest absolute Gasteiger partial charge is 0.306 e. The van der Waals surface area contributed by atoms with Crippen molar-refractivity contribution in [2.24, 2.45) is 0 Å². The van der Waals surface area contributed by atoms with Crippen LogP contribution in [0.5, 0.6) is 0 Å². The van der Waals surface area contributed by atoms with Gasteiger partial charge in [-0.3, -0.25) is 4.79 Å². The summed E-state index contributed by atoms with van der Waals surface area (Å²) in [6.07, 6.45) is 2.84. The molecule has 2 aromatic rings. The molecule has 0 spiro atoms. The molecule has 0 amide bonds. The molecule has 0 atom stereocenters. The number of H-pyrrole nitrogens is 1. The minimum Gasteiger partial charge on any atom is -0.306 e. The van der Waals surface area contributed by atoms with Crippen LogP contribution < -0.4 is 5.56 Å². The van der Waals surface area contributed by atoms with Gasteiger partial charge >= 0.3 is 0 Å². The molecule has 3 nitrogen and oxygen atoms in total. The maximum absolute atomic E-state index is 12.0. The number of benzene rings is 1. The Kier molecular flexibility index (Phi) is 2.54. The van der Waals surface area contributed by atoms with Gasteiger partial charge in [-0.1, -0.05) is 17.7 Å². The molecular weight excluding hydrogens is 224 g/mol. The first-order valence-corrected chi connectivity index (χ1v) is 6.35. The van der Waals surface area contributed by atoms with E-state index in [1.165, 1.54) is 5.56 Å². The van der Waals surface area contributed by atoms with Crippen molar-refractivity contribution in [2.45, 2.75) is 33.1 Å². The number of hydrogen-bond donors (Lipinski definition) is 1. The first-order chi connectivity index (χ1) is 8.65. The fourth-order valence-electron chi connectivity index (χ4n) is 2.56. The molecule has 92 valence electrons. The zero-order valence-corrected chi connectivity index (χ0v) is 10.7. The van der Waals surface area contributed by atoms with Gasteiger partial charge in [0, 0.05) is 11.1 Å². The van der Waals surface area contributed by atoms with Crippen molar-refractivity contribution in [3.63, 3.8) is 0 Å². The van der Waals surface area contributed by atoms with Crippen LogP contribution >= 0.6 is 0 Å². The smallest absolute Gasteiger partial charge is 0.254 e. The lowest BCUT2D eigenvalue weighted by Gasteiger charge is -2.08. The number of nitrogens with zero attached hydrogens (tertiary/aromatic N) is 1. The van der Waals surface area contributed by atoms with Gasteiger partial charge in [0.15, 0.2) is 0 Å².